The van der Waals surface area contributed by atoms with E-state index in [1.165, 1.54) is 0 Å². The first-order chi connectivity index (χ1) is 10.2. The van der Waals surface area contributed by atoms with Crippen LogP contribution in [-0.2, 0) is 0 Å². The molecular weight excluding hydrogens is 290 g/mol. The maximum atomic E-state index is 6.26. The van der Waals surface area contributed by atoms with Crippen molar-refractivity contribution in [3.05, 3.63) is 41.4 Å². The Morgan fingerprint density at radius 3 is 2.43 bits per heavy atom. The van der Waals surface area contributed by atoms with Crippen LogP contribution in [0.4, 0.5) is 5.95 Å². The van der Waals surface area contributed by atoms with Gasteiger partial charge in [-0.25, -0.2) is 4.98 Å². The third kappa shape index (κ3) is 2.15. The Morgan fingerprint density at radius 2 is 1.76 bits per heavy atom. The summed E-state index contributed by atoms with van der Waals surface area (Å²) in [5.41, 5.74) is 8.34. The molecule has 3 aromatic rings. The zero-order valence-corrected chi connectivity index (χ0v) is 12.4. The molecule has 0 bridgehead atoms. The second-order valence-electron chi connectivity index (χ2n) is 4.45. The third-order valence-corrected chi connectivity index (χ3v) is 3.60. The second-order valence-corrected chi connectivity index (χ2v) is 4.86. The summed E-state index contributed by atoms with van der Waals surface area (Å²) in [7, 11) is 3.17. The van der Waals surface area contributed by atoms with Crippen LogP contribution in [0, 0.1) is 0 Å². The minimum absolute atomic E-state index is 0.355. The van der Waals surface area contributed by atoms with Gasteiger partial charge in [-0.3, -0.25) is 4.57 Å². The Bertz CT molecular complexity index is 814. The average molecular weight is 304 g/mol. The molecule has 0 atom stereocenters. The molecule has 6 heteroatoms. The van der Waals surface area contributed by atoms with Crippen LogP contribution in [0.1, 0.15) is 0 Å². The molecular formula is C15H14ClN3O2. The van der Waals surface area contributed by atoms with Gasteiger partial charge < -0.3 is 15.2 Å². The summed E-state index contributed by atoms with van der Waals surface area (Å²) in [6, 6.07) is 11.1. The number of methoxy groups -OCH3 is 2. The van der Waals surface area contributed by atoms with Crippen LogP contribution < -0.4 is 15.2 Å². The highest BCUT2D eigenvalue weighted by Crippen LogP contribution is 2.35. The number of halogens is 1. The molecule has 0 aliphatic rings. The fraction of sp³-hybridized carbons (Fsp3) is 0.133. The number of nitrogen functional groups attached to an aromatic ring is 1. The molecule has 0 radical (unpaired) electrons. The highest BCUT2D eigenvalue weighted by atomic mass is 35.5. The summed E-state index contributed by atoms with van der Waals surface area (Å²) >= 11 is 6.26. The lowest BCUT2D eigenvalue weighted by Gasteiger charge is -2.10. The molecule has 1 aromatic heterocycles. The number of hydrogen-bond donors (Lipinski definition) is 1. The fourth-order valence-electron chi connectivity index (χ4n) is 2.31. The van der Waals surface area contributed by atoms with Gasteiger partial charge in [0.05, 0.1) is 36.0 Å². The van der Waals surface area contributed by atoms with Gasteiger partial charge in [0, 0.05) is 12.1 Å². The van der Waals surface area contributed by atoms with E-state index >= 15 is 0 Å². The summed E-state index contributed by atoms with van der Waals surface area (Å²) in [5, 5.41) is 0.596. The molecule has 2 N–H and O–H groups in total. The Kier molecular flexibility index (Phi) is 3.35. The number of hydrogen-bond acceptors (Lipinski definition) is 4. The maximum absolute atomic E-state index is 6.26. The van der Waals surface area contributed by atoms with E-state index in [1.807, 2.05) is 30.3 Å². The zero-order chi connectivity index (χ0) is 15.0. The summed E-state index contributed by atoms with van der Waals surface area (Å²) in [6.07, 6.45) is 0. The lowest BCUT2D eigenvalue weighted by molar-refractivity contribution is 0.355. The van der Waals surface area contributed by atoms with Crippen molar-refractivity contribution in [2.24, 2.45) is 0 Å². The number of fused-ring (bicyclic) bond motifs is 1. The standard InChI is InChI=1S/C15H14ClN3O2/c1-20-13-7-10-12(8-14(13)21-2)19(15(17)18-10)11-6-4-3-5-9(11)16/h3-8H,1-2H3,(H2,17,18). The van der Waals surface area contributed by atoms with E-state index in [4.69, 9.17) is 26.8 Å². The maximum Gasteiger partial charge on any atom is 0.205 e. The van der Waals surface area contributed by atoms with Crippen molar-refractivity contribution in [2.75, 3.05) is 20.0 Å². The minimum atomic E-state index is 0.355. The largest absolute Gasteiger partial charge is 0.493 e. The Labute approximate surface area is 126 Å². The van der Waals surface area contributed by atoms with Crippen LogP contribution in [-0.4, -0.2) is 23.8 Å². The first-order valence-electron chi connectivity index (χ1n) is 6.30. The molecule has 0 aliphatic heterocycles. The van der Waals surface area contributed by atoms with E-state index in [2.05, 4.69) is 4.98 Å². The second kappa shape index (κ2) is 5.18. The number of nitrogens with two attached hydrogens (primary N) is 1. The quantitative estimate of drug-likeness (QED) is 0.806. The van der Waals surface area contributed by atoms with E-state index in [1.54, 1.807) is 24.9 Å². The lowest BCUT2D eigenvalue weighted by atomic mass is 10.2. The van der Waals surface area contributed by atoms with Crippen molar-refractivity contribution in [3.8, 4) is 17.2 Å². The van der Waals surface area contributed by atoms with Crippen LogP contribution in [0.25, 0.3) is 16.7 Å². The van der Waals surface area contributed by atoms with Gasteiger partial charge in [-0.05, 0) is 12.1 Å². The summed E-state index contributed by atoms with van der Waals surface area (Å²) in [4.78, 5) is 4.36. The fourth-order valence-corrected chi connectivity index (χ4v) is 2.53. The molecule has 0 amide bonds. The smallest absolute Gasteiger partial charge is 0.205 e. The predicted molar refractivity (Wildman–Crippen MR) is 83.6 cm³/mol. The molecule has 0 unspecified atom stereocenters. The topological polar surface area (TPSA) is 62.3 Å². The van der Waals surface area contributed by atoms with Crippen LogP contribution in [0.3, 0.4) is 0 Å². The van der Waals surface area contributed by atoms with Gasteiger partial charge in [-0.15, -0.1) is 0 Å². The van der Waals surface area contributed by atoms with Gasteiger partial charge in [-0.1, -0.05) is 23.7 Å². The average Bonchev–Trinajstić information content (AvgIpc) is 2.81. The van der Waals surface area contributed by atoms with E-state index in [9.17, 15) is 0 Å². The molecule has 2 aromatic carbocycles. The van der Waals surface area contributed by atoms with Crippen molar-refractivity contribution < 1.29 is 9.47 Å². The van der Waals surface area contributed by atoms with Gasteiger partial charge in [0.15, 0.2) is 11.5 Å². The lowest BCUT2D eigenvalue weighted by Crippen LogP contribution is -2.01. The predicted octanol–water partition coefficient (Wildman–Crippen LogP) is 3.28. The number of ether oxygens (including phenoxy) is 2. The van der Waals surface area contributed by atoms with Gasteiger partial charge in [0.25, 0.3) is 0 Å². The van der Waals surface area contributed by atoms with E-state index in [-0.39, 0.29) is 0 Å². The third-order valence-electron chi connectivity index (χ3n) is 3.28. The molecule has 1 heterocycles. The van der Waals surface area contributed by atoms with Crippen molar-refractivity contribution in [3.63, 3.8) is 0 Å². The van der Waals surface area contributed by atoms with Crippen LogP contribution in [0.2, 0.25) is 5.02 Å². The summed E-state index contributed by atoms with van der Waals surface area (Å²) in [6.45, 7) is 0. The molecule has 0 spiro atoms. The number of para-hydroxylation sites is 1. The Balaban J connectivity index is 2.33. The highest BCUT2D eigenvalue weighted by molar-refractivity contribution is 6.32. The number of anilines is 1. The molecule has 0 fully saturated rings. The van der Waals surface area contributed by atoms with Crippen molar-refractivity contribution >= 4 is 28.6 Å². The minimum Gasteiger partial charge on any atom is -0.493 e. The van der Waals surface area contributed by atoms with E-state index < -0.39 is 0 Å². The molecule has 0 saturated heterocycles. The first kappa shape index (κ1) is 13.6. The van der Waals surface area contributed by atoms with Gasteiger partial charge in [0.1, 0.15) is 0 Å². The van der Waals surface area contributed by atoms with Crippen molar-refractivity contribution in [2.45, 2.75) is 0 Å². The molecule has 0 saturated carbocycles. The summed E-state index contributed by atoms with van der Waals surface area (Å²) < 4.78 is 12.4. The van der Waals surface area contributed by atoms with Crippen LogP contribution in [0.15, 0.2) is 36.4 Å². The normalized spacial score (nSPS) is 10.8. The number of aromatic nitrogens is 2. The zero-order valence-electron chi connectivity index (χ0n) is 11.6. The Morgan fingerprint density at radius 1 is 1.10 bits per heavy atom. The molecule has 5 nitrogen and oxygen atoms in total. The van der Waals surface area contributed by atoms with Crippen LogP contribution >= 0.6 is 11.6 Å². The van der Waals surface area contributed by atoms with Gasteiger partial charge >= 0.3 is 0 Å². The first-order valence-corrected chi connectivity index (χ1v) is 6.68. The molecule has 108 valence electrons. The monoisotopic (exact) mass is 303 g/mol. The molecule has 0 aliphatic carbocycles. The highest BCUT2D eigenvalue weighted by Gasteiger charge is 2.16. The SMILES string of the molecule is COc1cc2nc(N)n(-c3ccccc3Cl)c2cc1OC. The molecule has 3 rings (SSSR count). The van der Waals surface area contributed by atoms with Gasteiger partial charge in [0.2, 0.25) is 5.95 Å². The van der Waals surface area contributed by atoms with Gasteiger partial charge in [-0.2, -0.15) is 0 Å². The van der Waals surface area contributed by atoms with E-state index in [0.29, 0.717) is 28.0 Å². The number of imidazole rings is 1. The number of rotatable bonds is 3. The number of nitrogens with zero attached hydrogens (tertiary/aromatic N) is 2. The van der Waals surface area contributed by atoms with Crippen LogP contribution in [0.5, 0.6) is 11.5 Å². The molecule has 21 heavy (non-hydrogen) atoms. The summed E-state index contributed by atoms with van der Waals surface area (Å²) in [5.74, 6) is 1.57. The van der Waals surface area contributed by atoms with E-state index in [0.717, 1.165) is 11.2 Å². The van der Waals surface area contributed by atoms with Crippen molar-refractivity contribution in [1.29, 1.82) is 0 Å². The number of benzene rings is 2. The Hall–Kier alpha value is -2.40. The van der Waals surface area contributed by atoms with Crippen molar-refractivity contribution in [1.82, 2.24) is 9.55 Å².